The van der Waals surface area contributed by atoms with Crippen molar-refractivity contribution < 1.29 is 14.6 Å². The van der Waals surface area contributed by atoms with E-state index < -0.39 is 11.7 Å². The largest absolute Gasteiger partial charge is 0.445 e. The van der Waals surface area contributed by atoms with E-state index in [1.165, 1.54) is 0 Å². The molecule has 1 aromatic carbocycles. The predicted octanol–water partition coefficient (Wildman–Crippen LogP) is 2.61. The number of aliphatic hydroxyl groups is 1. The van der Waals surface area contributed by atoms with E-state index in [2.05, 4.69) is 5.32 Å². The highest BCUT2D eigenvalue weighted by atomic mass is 16.5. The Kier molecular flexibility index (Phi) is 3.42. The molecule has 3 rings (SSSR count). The number of ether oxygens (including phenoxy) is 1. The summed E-state index contributed by atoms with van der Waals surface area (Å²) in [7, 11) is 0. The van der Waals surface area contributed by atoms with Gasteiger partial charge in [-0.3, -0.25) is 0 Å². The Bertz CT molecular complexity index is 478. The minimum atomic E-state index is -0.542. The van der Waals surface area contributed by atoms with Gasteiger partial charge in [-0.05, 0) is 37.7 Å². The first kappa shape index (κ1) is 13.4. The van der Waals surface area contributed by atoms with Gasteiger partial charge in [-0.15, -0.1) is 0 Å². The van der Waals surface area contributed by atoms with Gasteiger partial charge in [0.25, 0.3) is 0 Å². The number of benzene rings is 1. The van der Waals surface area contributed by atoms with E-state index in [1.807, 2.05) is 30.3 Å². The molecule has 0 radical (unpaired) electrons. The van der Waals surface area contributed by atoms with E-state index in [-0.39, 0.29) is 12.0 Å². The fourth-order valence-corrected chi connectivity index (χ4v) is 3.02. The quantitative estimate of drug-likeness (QED) is 0.868. The molecule has 2 aliphatic rings. The molecule has 2 fully saturated rings. The van der Waals surface area contributed by atoms with Crippen molar-refractivity contribution in [3.05, 3.63) is 35.9 Å². The normalized spacial score (nSPS) is 21.6. The highest BCUT2D eigenvalue weighted by Gasteiger charge is 2.60. The van der Waals surface area contributed by atoms with Crippen LogP contribution < -0.4 is 5.32 Å². The number of nitrogens with one attached hydrogen (secondary N) is 1. The van der Waals surface area contributed by atoms with Crippen LogP contribution in [0.15, 0.2) is 30.3 Å². The summed E-state index contributed by atoms with van der Waals surface area (Å²) in [6.45, 7) is 0.807. The SMILES string of the molecule is O=C(NCC1(C2(O)CCC2)CC1)OCc1ccccc1. The first-order valence-electron chi connectivity index (χ1n) is 7.31. The molecular formula is C16H21NO3. The molecule has 0 atom stereocenters. The Labute approximate surface area is 119 Å². The van der Waals surface area contributed by atoms with Crippen LogP contribution in [0.1, 0.15) is 37.7 Å². The average molecular weight is 275 g/mol. The summed E-state index contributed by atoms with van der Waals surface area (Å²) >= 11 is 0. The molecule has 2 saturated carbocycles. The van der Waals surface area contributed by atoms with Crippen molar-refractivity contribution in [2.45, 2.75) is 44.3 Å². The van der Waals surface area contributed by atoms with Crippen molar-refractivity contribution >= 4 is 6.09 Å². The van der Waals surface area contributed by atoms with E-state index in [0.29, 0.717) is 6.54 Å². The van der Waals surface area contributed by atoms with Crippen LogP contribution in [0.4, 0.5) is 4.79 Å². The second-order valence-electron chi connectivity index (χ2n) is 6.08. The highest BCUT2D eigenvalue weighted by molar-refractivity contribution is 5.67. The molecule has 2 aliphatic carbocycles. The van der Waals surface area contributed by atoms with Gasteiger partial charge >= 0.3 is 6.09 Å². The number of amides is 1. The number of carbonyl (C=O) groups excluding carboxylic acids is 1. The monoisotopic (exact) mass is 275 g/mol. The van der Waals surface area contributed by atoms with Gasteiger partial charge in [0.2, 0.25) is 0 Å². The Hall–Kier alpha value is -1.55. The van der Waals surface area contributed by atoms with Gasteiger partial charge < -0.3 is 15.2 Å². The first-order valence-corrected chi connectivity index (χ1v) is 7.31. The maximum atomic E-state index is 11.7. The molecule has 0 saturated heterocycles. The standard InChI is InChI=1S/C16H21NO3/c18-14(20-11-13-5-2-1-3-6-13)17-12-15(9-10-15)16(19)7-4-8-16/h1-3,5-6,19H,4,7-12H2,(H,17,18). The van der Waals surface area contributed by atoms with Crippen molar-refractivity contribution in [2.24, 2.45) is 5.41 Å². The maximum Gasteiger partial charge on any atom is 0.407 e. The van der Waals surface area contributed by atoms with Crippen molar-refractivity contribution in [3.63, 3.8) is 0 Å². The topological polar surface area (TPSA) is 58.6 Å². The second-order valence-corrected chi connectivity index (χ2v) is 6.08. The number of carbonyl (C=O) groups is 1. The van der Waals surface area contributed by atoms with Crippen LogP contribution in [-0.4, -0.2) is 23.3 Å². The molecule has 0 bridgehead atoms. The van der Waals surface area contributed by atoms with Crippen LogP contribution in [0.5, 0.6) is 0 Å². The maximum absolute atomic E-state index is 11.7. The second kappa shape index (κ2) is 5.09. The van der Waals surface area contributed by atoms with Gasteiger partial charge in [-0.2, -0.15) is 0 Å². The minimum absolute atomic E-state index is 0.0863. The molecular weight excluding hydrogens is 254 g/mol. The lowest BCUT2D eigenvalue weighted by Crippen LogP contribution is -2.50. The van der Waals surface area contributed by atoms with Crippen molar-refractivity contribution in [2.75, 3.05) is 6.54 Å². The van der Waals surface area contributed by atoms with Gasteiger partial charge in [0, 0.05) is 12.0 Å². The van der Waals surface area contributed by atoms with E-state index in [9.17, 15) is 9.90 Å². The van der Waals surface area contributed by atoms with Crippen LogP contribution in [-0.2, 0) is 11.3 Å². The molecule has 1 aromatic rings. The Morgan fingerprint density at radius 3 is 2.45 bits per heavy atom. The molecule has 0 unspecified atom stereocenters. The van der Waals surface area contributed by atoms with Crippen LogP contribution in [0, 0.1) is 5.41 Å². The van der Waals surface area contributed by atoms with Crippen molar-refractivity contribution in [1.29, 1.82) is 0 Å². The fourth-order valence-electron chi connectivity index (χ4n) is 3.02. The molecule has 2 N–H and O–H groups in total. The van der Waals surface area contributed by atoms with Crippen LogP contribution in [0.2, 0.25) is 0 Å². The molecule has 108 valence electrons. The molecule has 20 heavy (non-hydrogen) atoms. The predicted molar refractivity (Wildman–Crippen MR) is 75.1 cm³/mol. The minimum Gasteiger partial charge on any atom is -0.445 e. The summed E-state index contributed by atoms with van der Waals surface area (Å²) in [5, 5.41) is 13.2. The molecule has 0 heterocycles. The van der Waals surface area contributed by atoms with E-state index in [4.69, 9.17) is 4.74 Å². The number of alkyl carbamates (subject to hydrolysis) is 1. The number of rotatable bonds is 5. The van der Waals surface area contributed by atoms with E-state index >= 15 is 0 Å². The zero-order valence-corrected chi connectivity index (χ0v) is 11.6. The number of hydrogen-bond donors (Lipinski definition) is 2. The van der Waals surface area contributed by atoms with Crippen LogP contribution in [0.25, 0.3) is 0 Å². The summed E-state index contributed by atoms with van der Waals surface area (Å²) < 4.78 is 5.18. The first-order chi connectivity index (χ1) is 9.64. The molecule has 0 spiro atoms. The molecule has 0 aliphatic heterocycles. The Morgan fingerprint density at radius 2 is 1.90 bits per heavy atom. The zero-order chi connectivity index (χ0) is 14.1. The summed E-state index contributed by atoms with van der Waals surface area (Å²) in [5.41, 5.74) is 0.345. The average Bonchev–Trinajstić information content (AvgIpc) is 3.23. The smallest absolute Gasteiger partial charge is 0.407 e. The van der Waals surface area contributed by atoms with Gasteiger partial charge in [-0.25, -0.2) is 4.79 Å². The van der Waals surface area contributed by atoms with Gasteiger partial charge in [0.15, 0.2) is 0 Å². The van der Waals surface area contributed by atoms with Gasteiger partial charge in [0.05, 0.1) is 5.60 Å². The molecule has 1 amide bonds. The lowest BCUT2D eigenvalue weighted by Gasteiger charge is -2.44. The third-order valence-corrected chi connectivity index (χ3v) is 4.81. The number of hydrogen-bond acceptors (Lipinski definition) is 3. The lowest BCUT2D eigenvalue weighted by molar-refractivity contribution is -0.0951. The third kappa shape index (κ3) is 2.52. The van der Waals surface area contributed by atoms with Crippen molar-refractivity contribution in [1.82, 2.24) is 5.32 Å². The van der Waals surface area contributed by atoms with Gasteiger partial charge in [-0.1, -0.05) is 30.3 Å². The summed E-state index contributed by atoms with van der Waals surface area (Å²) in [5.74, 6) is 0. The summed E-state index contributed by atoms with van der Waals surface area (Å²) in [6, 6.07) is 9.61. The fraction of sp³-hybridized carbons (Fsp3) is 0.562. The Morgan fingerprint density at radius 1 is 1.20 bits per heavy atom. The van der Waals surface area contributed by atoms with Crippen molar-refractivity contribution in [3.8, 4) is 0 Å². The highest BCUT2D eigenvalue weighted by Crippen LogP contribution is 2.60. The van der Waals surface area contributed by atoms with Crippen LogP contribution >= 0.6 is 0 Å². The zero-order valence-electron chi connectivity index (χ0n) is 11.6. The van der Waals surface area contributed by atoms with E-state index in [0.717, 1.165) is 37.7 Å². The molecule has 4 nitrogen and oxygen atoms in total. The summed E-state index contributed by atoms with van der Waals surface area (Å²) in [6.07, 6.45) is 4.44. The van der Waals surface area contributed by atoms with E-state index in [1.54, 1.807) is 0 Å². The summed E-state index contributed by atoms with van der Waals surface area (Å²) in [4.78, 5) is 11.7. The van der Waals surface area contributed by atoms with Crippen LogP contribution in [0.3, 0.4) is 0 Å². The Balaban J connectivity index is 1.44. The molecule has 0 aromatic heterocycles. The third-order valence-electron chi connectivity index (χ3n) is 4.81. The van der Waals surface area contributed by atoms with Gasteiger partial charge in [0.1, 0.15) is 6.61 Å². The molecule has 4 heteroatoms. The lowest BCUT2D eigenvalue weighted by atomic mass is 9.69.